The number of aromatic amines is 1. The molecule has 2 amide bonds. The van der Waals surface area contributed by atoms with Crippen LogP contribution in [0.4, 0.5) is 5.82 Å². The molecule has 0 spiro atoms. The van der Waals surface area contributed by atoms with Gasteiger partial charge in [-0.3, -0.25) is 14.7 Å². The third-order valence-corrected chi connectivity index (χ3v) is 6.11. The summed E-state index contributed by atoms with van der Waals surface area (Å²) in [4.78, 5) is 26.2. The lowest BCUT2D eigenvalue weighted by atomic mass is 10.1. The summed E-state index contributed by atoms with van der Waals surface area (Å²) in [5.74, 6) is 4.52. The van der Waals surface area contributed by atoms with Gasteiger partial charge in [-0.15, -0.1) is 5.10 Å². The van der Waals surface area contributed by atoms with E-state index in [1.54, 1.807) is 36.4 Å². The van der Waals surface area contributed by atoms with E-state index in [-0.39, 0.29) is 6.42 Å². The summed E-state index contributed by atoms with van der Waals surface area (Å²) in [5.41, 5.74) is 2.43. The van der Waals surface area contributed by atoms with Crippen molar-refractivity contribution >= 4 is 51.7 Å². The van der Waals surface area contributed by atoms with E-state index in [0.29, 0.717) is 38.0 Å². The van der Waals surface area contributed by atoms with Crippen LogP contribution in [0.5, 0.6) is 0 Å². The topological polar surface area (TPSA) is 130 Å². The minimum Gasteiger partial charge on any atom is -0.333 e. The Morgan fingerprint density at radius 1 is 1.05 bits per heavy atom. The summed E-state index contributed by atoms with van der Waals surface area (Å²) in [6.45, 7) is 0. The number of carbonyl (C=O) groups is 2. The monoisotopic (exact) mass is 544 g/mol. The molecule has 38 heavy (non-hydrogen) atoms. The van der Waals surface area contributed by atoms with Gasteiger partial charge in [-0.2, -0.15) is 9.78 Å². The van der Waals surface area contributed by atoms with Crippen LogP contribution in [-0.2, 0) is 16.0 Å². The highest BCUT2D eigenvalue weighted by Crippen LogP contribution is 2.26. The van der Waals surface area contributed by atoms with Crippen LogP contribution in [0.2, 0.25) is 10.0 Å². The number of amides is 2. The number of aromatic nitrogens is 6. The van der Waals surface area contributed by atoms with Crippen molar-refractivity contribution in [2.45, 2.75) is 12.5 Å². The van der Waals surface area contributed by atoms with Crippen molar-refractivity contribution in [2.24, 2.45) is 0 Å². The van der Waals surface area contributed by atoms with E-state index in [4.69, 9.17) is 23.2 Å². The molecular formula is C26H18Cl2N8O2. The average molecular weight is 545 g/mol. The maximum atomic E-state index is 13.3. The molecule has 0 aliphatic carbocycles. The summed E-state index contributed by atoms with van der Waals surface area (Å²) in [6.07, 6.45) is 1.64. The third kappa shape index (κ3) is 5.64. The number of rotatable bonds is 6. The lowest BCUT2D eigenvalue weighted by molar-refractivity contribution is -0.123. The largest absolute Gasteiger partial charge is 0.333 e. The summed E-state index contributed by atoms with van der Waals surface area (Å²) in [5, 5.41) is 25.1. The van der Waals surface area contributed by atoms with E-state index in [2.05, 4.69) is 48.2 Å². The van der Waals surface area contributed by atoms with Crippen LogP contribution in [-0.4, -0.2) is 48.3 Å². The number of nitrogens with zero attached hydrogens (tertiary/aromatic N) is 5. The van der Waals surface area contributed by atoms with Crippen molar-refractivity contribution in [3.05, 3.63) is 94.2 Å². The fraction of sp³-hybridized carbons (Fsp3) is 0.0769. The van der Waals surface area contributed by atoms with Crippen LogP contribution in [0.15, 0.2) is 73.1 Å². The van der Waals surface area contributed by atoms with Crippen molar-refractivity contribution in [2.75, 3.05) is 5.32 Å². The van der Waals surface area contributed by atoms with E-state index in [0.717, 1.165) is 5.56 Å². The van der Waals surface area contributed by atoms with Gasteiger partial charge in [0.1, 0.15) is 12.4 Å². The molecule has 0 radical (unpaired) electrons. The second kappa shape index (κ2) is 11.1. The van der Waals surface area contributed by atoms with Crippen LogP contribution in [0, 0.1) is 11.8 Å². The van der Waals surface area contributed by atoms with Gasteiger partial charge in [0, 0.05) is 22.8 Å². The van der Waals surface area contributed by atoms with E-state index in [1.165, 1.54) is 11.0 Å². The second-order valence-electron chi connectivity index (χ2n) is 8.11. The van der Waals surface area contributed by atoms with Crippen LogP contribution >= 0.6 is 23.2 Å². The first-order valence-electron chi connectivity index (χ1n) is 11.3. The van der Waals surface area contributed by atoms with E-state index >= 15 is 0 Å². The molecule has 0 bridgehead atoms. The Balaban J connectivity index is 1.39. The molecule has 0 saturated heterocycles. The van der Waals surface area contributed by atoms with Gasteiger partial charge in [-0.05, 0) is 46.3 Å². The maximum absolute atomic E-state index is 13.3. The Hall–Kier alpha value is -4.72. The number of fused-ring (bicyclic) bond motifs is 1. The first-order chi connectivity index (χ1) is 18.5. The van der Waals surface area contributed by atoms with Crippen molar-refractivity contribution in [3.63, 3.8) is 0 Å². The number of benzene rings is 3. The average Bonchev–Trinajstić information content (AvgIpc) is 3.59. The van der Waals surface area contributed by atoms with Gasteiger partial charge in [0.05, 0.1) is 21.8 Å². The minimum absolute atomic E-state index is 0.232. The van der Waals surface area contributed by atoms with Crippen LogP contribution in [0.3, 0.4) is 0 Å². The number of tetrazole rings is 1. The molecule has 0 aliphatic rings. The molecule has 0 aliphatic heterocycles. The van der Waals surface area contributed by atoms with E-state index in [9.17, 15) is 9.59 Å². The predicted octanol–water partition coefficient (Wildman–Crippen LogP) is 3.56. The number of hydrogen-bond donors (Lipinski definition) is 3. The summed E-state index contributed by atoms with van der Waals surface area (Å²) in [7, 11) is 0. The van der Waals surface area contributed by atoms with Gasteiger partial charge < -0.3 is 10.6 Å². The molecule has 3 aromatic carbocycles. The summed E-state index contributed by atoms with van der Waals surface area (Å²) in [6, 6.07) is 18.6. The van der Waals surface area contributed by atoms with Crippen LogP contribution in [0.25, 0.3) is 16.6 Å². The molecule has 5 rings (SSSR count). The highest BCUT2D eigenvalue weighted by Gasteiger charge is 2.23. The molecule has 0 saturated carbocycles. The Labute approximate surface area is 226 Å². The lowest BCUT2D eigenvalue weighted by Gasteiger charge is -2.17. The lowest BCUT2D eigenvalue weighted by Crippen LogP contribution is -2.45. The zero-order valence-electron chi connectivity index (χ0n) is 19.5. The highest BCUT2D eigenvalue weighted by molar-refractivity contribution is 6.35. The molecule has 1 atom stereocenters. The van der Waals surface area contributed by atoms with E-state index < -0.39 is 17.9 Å². The fourth-order valence-corrected chi connectivity index (χ4v) is 4.15. The number of carbonyl (C=O) groups excluding carboxylic acids is 2. The maximum Gasteiger partial charge on any atom is 0.296 e. The Morgan fingerprint density at radius 3 is 2.68 bits per heavy atom. The first kappa shape index (κ1) is 25.0. The molecule has 0 fully saturated rings. The molecule has 2 aromatic heterocycles. The Morgan fingerprint density at radius 2 is 1.89 bits per heavy atom. The van der Waals surface area contributed by atoms with Gasteiger partial charge in [0.25, 0.3) is 5.91 Å². The summed E-state index contributed by atoms with van der Waals surface area (Å²) < 4.78 is 1.41. The summed E-state index contributed by atoms with van der Waals surface area (Å²) >= 11 is 12.3. The Kier molecular flexibility index (Phi) is 7.31. The molecule has 2 heterocycles. The molecule has 1 unspecified atom stereocenters. The zero-order valence-corrected chi connectivity index (χ0v) is 21.0. The number of para-hydroxylation sites is 1. The molecular weight excluding hydrogens is 527 g/mol. The van der Waals surface area contributed by atoms with Crippen LogP contribution < -0.4 is 10.6 Å². The van der Waals surface area contributed by atoms with Crippen molar-refractivity contribution in [1.82, 2.24) is 35.7 Å². The SMILES string of the molecule is O=C(C#Cc1cc(Cl)ccc1-n1cnnn1)NC(Cc1ccccc1)C(=O)Nc1n[nH]c2c(Cl)cccc12. The van der Waals surface area contributed by atoms with Gasteiger partial charge >= 0.3 is 0 Å². The second-order valence-corrected chi connectivity index (χ2v) is 8.95. The molecule has 12 heteroatoms. The van der Waals surface area contributed by atoms with E-state index in [1.807, 2.05) is 30.3 Å². The normalized spacial score (nSPS) is 11.4. The van der Waals surface area contributed by atoms with Crippen molar-refractivity contribution in [1.29, 1.82) is 0 Å². The van der Waals surface area contributed by atoms with Crippen molar-refractivity contribution in [3.8, 4) is 17.5 Å². The van der Waals surface area contributed by atoms with Crippen molar-refractivity contribution < 1.29 is 9.59 Å². The number of hydrogen-bond acceptors (Lipinski definition) is 6. The number of nitrogens with one attached hydrogen (secondary N) is 3. The number of anilines is 1. The molecule has 188 valence electrons. The van der Waals surface area contributed by atoms with Gasteiger partial charge in [-0.25, -0.2) is 0 Å². The molecule has 5 aromatic rings. The van der Waals surface area contributed by atoms with Gasteiger partial charge in [0.15, 0.2) is 5.82 Å². The highest BCUT2D eigenvalue weighted by atomic mass is 35.5. The van der Waals surface area contributed by atoms with Gasteiger partial charge in [0.2, 0.25) is 5.91 Å². The third-order valence-electron chi connectivity index (χ3n) is 5.56. The zero-order chi connectivity index (χ0) is 26.5. The predicted molar refractivity (Wildman–Crippen MR) is 143 cm³/mol. The minimum atomic E-state index is -0.941. The first-order valence-corrected chi connectivity index (χ1v) is 12.1. The quantitative estimate of drug-likeness (QED) is 0.280. The molecule has 3 N–H and O–H groups in total. The van der Waals surface area contributed by atoms with Gasteiger partial charge in [-0.1, -0.05) is 65.5 Å². The fourth-order valence-electron chi connectivity index (χ4n) is 3.76. The standard InChI is InChI=1S/C26H18Cl2N8O2/c27-18-10-11-22(36-15-29-34-35-36)17(14-18)9-12-23(37)30-21(13-16-5-2-1-3-6-16)26(38)31-25-19-7-4-8-20(28)24(19)32-33-25/h1-8,10-11,14-15,21H,13H2,(H,30,37)(H2,31,32,33,38). The number of H-pyrrole nitrogens is 1. The Bertz CT molecular complexity index is 1670. The molecule has 10 nitrogen and oxygen atoms in total. The smallest absolute Gasteiger partial charge is 0.296 e. The van der Waals surface area contributed by atoms with Crippen LogP contribution in [0.1, 0.15) is 11.1 Å². The number of halogens is 2.